The summed E-state index contributed by atoms with van der Waals surface area (Å²) in [6, 6.07) is 155. The Labute approximate surface area is 703 Å². The lowest BCUT2D eigenvalue weighted by Gasteiger charge is -2.14. The Hall–Kier alpha value is -16.4. The highest BCUT2D eigenvalue weighted by Gasteiger charge is 2.24. The number of fused-ring (bicyclic) bond motifs is 18. The van der Waals surface area contributed by atoms with Crippen LogP contribution in [0.4, 0.5) is 0 Å². The molecule has 568 valence electrons. The van der Waals surface area contributed by atoms with Crippen molar-refractivity contribution in [3.05, 3.63) is 437 Å². The third kappa shape index (κ3) is 12.4. The fourth-order valence-electron chi connectivity index (χ4n) is 18.4. The molecule has 0 aliphatic rings. The van der Waals surface area contributed by atoms with Gasteiger partial charge in [0.25, 0.3) is 0 Å². The average molecular weight is 1550 g/mol. The van der Waals surface area contributed by atoms with Crippen molar-refractivity contribution in [1.29, 1.82) is 0 Å². The van der Waals surface area contributed by atoms with Gasteiger partial charge >= 0.3 is 0 Å². The maximum atomic E-state index is 5.06. The molecule has 0 radical (unpaired) electrons. The van der Waals surface area contributed by atoms with E-state index < -0.39 is 0 Å². The van der Waals surface area contributed by atoms with Gasteiger partial charge in [0.15, 0.2) is 34.9 Å². The molecule has 0 bridgehead atoms. The number of hydrogen-bond acceptors (Lipinski definition) is 6. The lowest BCUT2D eigenvalue weighted by molar-refractivity contribution is 1.07. The summed E-state index contributed by atoms with van der Waals surface area (Å²) in [5.74, 6) is 3.90. The van der Waals surface area contributed by atoms with Crippen molar-refractivity contribution in [2.24, 2.45) is 0 Å². The van der Waals surface area contributed by atoms with Crippen LogP contribution in [0.2, 0.25) is 0 Å². The molecule has 0 saturated carbocycles. The van der Waals surface area contributed by atoms with E-state index in [1.54, 1.807) is 0 Å². The van der Waals surface area contributed by atoms with Gasteiger partial charge in [0.1, 0.15) is 0 Å². The molecule has 0 fully saturated rings. The van der Waals surface area contributed by atoms with Gasteiger partial charge in [-0.2, -0.15) is 0 Å². The molecule has 122 heavy (non-hydrogen) atoms. The van der Waals surface area contributed by atoms with E-state index >= 15 is 0 Å². The fourth-order valence-corrected chi connectivity index (χ4v) is 18.4. The molecule has 0 saturated heterocycles. The molecule has 20 aromatic carbocycles. The number of rotatable bonds is 12. The second-order valence-corrected chi connectivity index (χ2v) is 31.1. The highest BCUT2D eigenvalue weighted by atomic mass is 15.0. The summed E-state index contributed by atoms with van der Waals surface area (Å²) in [6.45, 7) is 0. The average Bonchev–Trinajstić information content (AvgIpc) is 0.919. The molecule has 0 amide bonds. The van der Waals surface area contributed by atoms with Crippen LogP contribution in [0.3, 0.4) is 0 Å². The summed E-state index contributed by atoms with van der Waals surface area (Å²) in [6.07, 6.45) is 0. The van der Waals surface area contributed by atoms with Crippen molar-refractivity contribution < 1.29 is 0 Å². The normalized spacial score (nSPS) is 11.6. The molecule has 8 nitrogen and oxygen atoms in total. The molecule has 24 rings (SSSR count). The Morgan fingerprint density at radius 3 is 0.811 bits per heavy atom. The lowest BCUT2D eigenvalue weighted by atomic mass is 9.90. The minimum absolute atomic E-state index is 0.646. The SMILES string of the molecule is c1ccc(-c2ccc3c4c(-c5ccc6c7ccc(-c8nc(-c9ccccc9)nc(-c9ccccc9)n8)cc7c7ccccc7c6c5)cccc4n(-c4ccccc4)c3c2)cc1.c1ccc(-c2nc(-c3ccccc3)nc(-c3ccc4c5ccc(-c6cccc7c6c6cccc(-c8ccccc8)c6n7-c6ccccc6)cc5c5ccccc5c4c3)n2)cc1. The molecule has 8 heteroatoms. The van der Waals surface area contributed by atoms with Gasteiger partial charge in [-0.3, -0.25) is 0 Å². The first-order valence-electron chi connectivity index (χ1n) is 41.4. The lowest BCUT2D eigenvalue weighted by Crippen LogP contribution is -2.00. The summed E-state index contributed by atoms with van der Waals surface area (Å²) < 4.78 is 4.86. The Balaban J connectivity index is 0.000000142. The zero-order valence-electron chi connectivity index (χ0n) is 66.1. The number of benzene rings is 20. The minimum atomic E-state index is 0.646. The second kappa shape index (κ2) is 29.9. The Bertz CT molecular complexity index is 8050. The van der Waals surface area contributed by atoms with Crippen molar-refractivity contribution in [2.75, 3.05) is 0 Å². The monoisotopic (exact) mass is 1550 g/mol. The molecule has 0 unspecified atom stereocenters. The largest absolute Gasteiger partial charge is 0.309 e. The zero-order valence-corrected chi connectivity index (χ0v) is 66.1. The Morgan fingerprint density at radius 1 is 0.139 bits per heavy atom. The molecule has 0 aliphatic heterocycles. The van der Waals surface area contributed by atoms with Crippen LogP contribution in [0.25, 0.3) is 232 Å². The van der Waals surface area contributed by atoms with Gasteiger partial charge in [-0.05, 0) is 170 Å². The molecule has 24 aromatic rings. The van der Waals surface area contributed by atoms with E-state index in [9.17, 15) is 0 Å². The van der Waals surface area contributed by atoms with Crippen LogP contribution in [0.15, 0.2) is 437 Å². The van der Waals surface area contributed by atoms with Crippen LogP contribution < -0.4 is 0 Å². The maximum Gasteiger partial charge on any atom is 0.164 e. The fraction of sp³-hybridized carbons (Fsp3) is 0. The predicted molar refractivity (Wildman–Crippen MR) is 508 cm³/mol. The zero-order chi connectivity index (χ0) is 80.6. The van der Waals surface area contributed by atoms with Crippen molar-refractivity contribution in [3.63, 3.8) is 0 Å². The minimum Gasteiger partial charge on any atom is -0.309 e. The first kappa shape index (κ1) is 70.9. The quantitative estimate of drug-likeness (QED) is 0.113. The van der Waals surface area contributed by atoms with Crippen LogP contribution >= 0.6 is 0 Å². The van der Waals surface area contributed by atoms with E-state index in [1.807, 2.05) is 121 Å². The van der Waals surface area contributed by atoms with Crippen molar-refractivity contribution in [2.45, 2.75) is 0 Å². The molecule has 0 N–H and O–H groups in total. The first-order valence-corrected chi connectivity index (χ1v) is 41.4. The highest BCUT2D eigenvalue weighted by Crippen LogP contribution is 2.48. The van der Waals surface area contributed by atoms with Crippen molar-refractivity contribution in [3.8, 4) is 124 Å². The number of para-hydroxylation sites is 3. The van der Waals surface area contributed by atoms with Gasteiger partial charge in [0.05, 0.1) is 22.1 Å². The molecular formula is C114H72N8. The van der Waals surface area contributed by atoms with E-state index in [2.05, 4.69) is 325 Å². The van der Waals surface area contributed by atoms with Gasteiger partial charge in [0, 0.05) is 71.9 Å². The van der Waals surface area contributed by atoms with Crippen LogP contribution in [0.1, 0.15) is 0 Å². The molecule has 0 spiro atoms. The summed E-state index contributed by atoms with van der Waals surface area (Å²) in [4.78, 5) is 30.1. The molecular weight excluding hydrogens is 1480 g/mol. The second-order valence-electron chi connectivity index (χ2n) is 31.1. The molecule has 4 heterocycles. The molecule has 0 aliphatic carbocycles. The number of hydrogen-bond donors (Lipinski definition) is 0. The van der Waals surface area contributed by atoms with Crippen molar-refractivity contribution in [1.82, 2.24) is 39.0 Å². The summed E-state index contributed by atoms with van der Waals surface area (Å²) in [5.41, 5.74) is 22.4. The summed E-state index contributed by atoms with van der Waals surface area (Å²) in [7, 11) is 0. The number of nitrogens with zero attached hydrogens (tertiary/aromatic N) is 8. The van der Waals surface area contributed by atoms with Crippen LogP contribution in [-0.4, -0.2) is 39.0 Å². The predicted octanol–water partition coefficient (Wildman–Crippen LogP) is 29.5. The highest BCUT2D eigenvalue weighted by molar-refractivity contribution is 6.29. The molecule has 4 aromatic heterocycles. The van der Waals surface area contributed by atoms with E-state index in [1.165, 1.54) is 147 Å². The Kier molecular flexibility index (Phi) is 17.4. The van der Waals surface area contributed by atoms with Crippen LogP contribution in [0, 0.1) is 0 Å². The van der Waals surface area contributed by atoms with Gasteiger partial charge in [-0.15, -0.1) is 0 Å². The Morgan fingerprint density at radius 2 is 0.410 bits per heavy atom. The van der Waals surface area contributed by atoms with E-state index in [4.69, 9.17) is 29.9 Å². The van der Waals surface area contributed by atoms with Crippen LogP contribution in [-0.2, 0) is 0 Å². The maximum absolute atomic E-state index is 5.06. The van der Waals surface area contributed by atoms with E-state index in [0.717, 1.165) is 50.1 Å². The van der Waals surface area contributed by atoms with Gasteiger partial charge in [-0.1, -0.05) is 370 Å². The van der Waals surface area contributed by atoms with Crippen molar-refractivity contribution >= 4 is 108 Å². The summed E-state index contributed by atoms with van der Waals surface area (Å²) in [5, 5.41) is 19.3. The third-order valence-electron chi connectivity index (χ3n) is 24.0. The first-order chi connectivity index (χ1) is 60.5. The van der Waals surface area contributed by atoms with Crippen LogP contribution in [0.5, 0.6) is 0 Å². The van der Waals surface area contributed by atoms with Gasteiger partial charge < -0.3 is 9.13 Å². The van der Waals surface area contributed by atoms with E-state index in [0.29, 0.717) is 34.9 Å². The van der Waals surface area contributed by atoms with Gasteiger partial charge in [0.2, 0.25) is 0 Å². The molecule has 0 atom stereocenters. The summed E-state index contributed by atoms with van der Waals surface area (Å²) >= 11 is 0. The smallest absolute Gasteiger partial charge is 0.164 e. The standard InChI is InChI=1S/2C57H36N4/c1-5-17-37(18-6-1)44-28-15-29-49-53-43(27-16-30-52(53)61(54(44)49)42-23-11-4-12-24-42)40-31-33-47-48-34-32-41(36-51(48)46-26-14-13-25-45(46)50(47)35-40)57-59-55(38-19-7-2-8-20-38)58-56(60-57)39-21-9-3-10-22-39;1-5-16-37(17-6-1)40-28-33-49-53(36-40)61(43-22-11-4-12-23-43)52-27-15-26-44(54(49)52)41-29-31-47-48-32-30-42(35-51(48)46-25-14-13-24-45(46)50(47)34-41)57-59-55(38-18-7-2-8-19-38)58-56(60-57)39-20-9-3-10-21-39/h2*1-36H. The van der Waals surface area contributed by atoms with E-state index in [-0.39, 0.29) is 0 Å². The third-order valence-corrected chi connectivity index (χ3v) is 24.0. The topological polar surface area (TPSA) is 87.2 Å². The van der Waals surface area contributed by atoms with Gasteiger partial charge in [-0.25, -0.2) is 29.9 Å². The number of aromatic nitrogens is 8.